The number of methoxy groups -OCH3 is 1. The van der Waals surface area contributed by atoms with Crippen molar-refractivity contribution < 1.29 is 13.9 Å². The fourth-order valence-corrected chi connectivity index (χ4v) is 2.54. The van der Waals surface area contributed by atoms with E-state index >= 15 is 0 Å². The lowest BCUT2D eigenvalue weighted by Crippen LogP contribution is -2.12. The molecule has 0 aliphatic rings. The molecule has 8 heteroatoms. The molecular formula is C18H21N5O3. The van der Waals surface area contributed by atoms with Crippen molar-refractivity contribution >= 4 is 11.6 Å². The van der Waals surface area contributed by atoms with E-state index in [2.05, 4.69) is 20.6 Å². The maximum atomic E-state index is 12.1. The summed E-state index contributed by atoms with van der Waals surface area (Å²) >= 11 is 0. The molecule has 1 amide bonds. The van der Waals surface area contributed by atoms with Gasteiger partial charge >= 0.3 is 0 Å². The van der Waals surface area contributed by atoms with Crippen LogP contribution < -0.4 is 10.1 Å². The molecule has 0 fully saturated rings. The molecule has 8 nitrogen and oxygen atoms in total. The molecule has 0 radical (unpaired) electrons. The molecule has 1 N–H and O–H groups in total. The van der Waals surface area contributed by atoms with Crippen LogP contribution in [-0.2, 0) is 17.8 Å². The summed E-state index contributed by atoms with van der Waals surface area (Å²) in [6.07, 6.45) is 0.619. The first-order valence-corrected chi connectivity index (χ1v) is 8.40. The van der Waals surface area contributed by atoms with Crippen molar-refractivity contribution in [2.24, 2.45) is 0 Å². The van der Waals surface area contributed by atoms with Gasteiger partial charge in [0.15, 0.2) is 0 Å². The highest BCUT2D eigenvalue weighted by Crippen LogP contribution is 2.20. The van der Waals surface area contributed by atoms with Gasteiger partial charge < -0.3 is 14.5 Å². The van der Waals surface area contributed by atoms with Gasteiger partial charge in [-0.2, -0.15) is 5.10 Å². The van der Waals surface area contributed by atoms with E-state index in [-0.39, 0.29) is 12.3 Å². The predicted molar refractivity (Wildman–Crippen MR) is 95.9 cm³/mol. The molecule has 0 saturated heterocycles. The number of aromatic nitrogens is 4. The molecule has 1 aromatic carbocycles. The third-order valence-electron chi connectivity index (χ3n) is 3.83. The van der Waals surface area contributed by atoms with Crippen LogP contribution in [-0.4, -0.2) is 33.0 Å². The molecule has 3 rings (SSSR count). The Bertz CT molecular complexity index is 883. The van der Waals surface area contributed by atoms with Crippen LogP contribution in [0.25, 0.3) is 11.6 Å². The lowest BCUT2D eigenvalue weighted by atomic mass is 10.2. The number of amides is 1. The number of benzene rings is 1. The smallest absolute Gasteiger partial charge is 0.265 e. The number of carbonyl (C=O) groups excluding carboxylic acids is 1. The van der Waals surface area contributed by atoms with Crippen LogP contribution in [0.15, 0.2) is 34.7 Å². The van der Waals surface area contributed by atoms with Crippen LogP contribution in [0.4, 0.5) is 5.69 Å². The Hall–Kier alpha value is -3.16. The number of aryl methyl sites for hydroxylation is 3. The first kappa shape index (κ1) is 17.7. The van der Waals surface area contributed by atoms with E-state index in [1.165, 1.54) is 0 Å². The van der Waals surface area contributed by atoms with Gasteiger partial charge in [0.05, 0.1) is 12.8 Å². The summed E-state index contributed by atoms with van der Waals surface area (Å²) in [5, 5.41) is 15.3. The number of hydrogen-bond acceptors (Lipinski definition) is 6. The van der Waals surface area contributed by atoms with Gasteiger partial charge in [-0.3, -0.25) is 9.48 Å². The molecule has 0 spiro atoms. The fourth-order valence-electron chi connectivity index (χ4n) is 2.54. The quantitative estimate of drug-likeness (QED) is 0.700. The third kappa shape index (κ3) is 4.08. The first-order chi connectivity index (χ1) is 12.6. The summed E-state index contributed by atoms with van der Waals surface area (Å²) in [5.41, 5.74) is 2.39. The van der Waals surface area contributed by atoms with Gasteiger partial charge in [0.1, 0.15) is 11.4 Å². The Labute approximate surface area is 151 Å². The van der Waals surface area contributed by atoms with E-state index < -0.39 is 0 Å². The number of anilines is 1. The molecule has 26 heavy (non-hydrogen) atoms. The molecule has 0 bridgehead atoms. The highest BCUT2D eigenvalue weighted by molar-refractivity contribution is 5.90. The van der Waals surface area contributed by atoms with Gasteiger partial charge in [-0.15, -0.1) is 10.2 Å². The summed E-state index contributed by atoms with van der Waals surface area (Å²) in [5.74, 6) is 1.46. The average Bonchev–Trinajstić information content (AvgIpc) is 3.26. The Morgan fingerprint density at radius 1 is 1.27 bits per heavy atom. The van der Waals surface area contributed by atoms with E-state index in [1.807, 2.05) is 24.6 Å². The molecule has 0 atom stereocenters. The number of ether oxygens (including phenoxy) is 1. The predicted octanol–water partition coefficient (Wildman–Crippen LogP) is 2.84. The van der Waals surface area contributed by atoms with Crippen molar-refractivity contribution in [3.63, 3.8) is 0 Å². The van der Waals surface area contributed by atoms with Crippen molar-refractivity contribution in [3.05, 3.63) is 41.9 Å². The zero-order valence-corrected chi connectivity index (χ0v) is 15.0. The van der Waals surface area contributed by atoms with Crippen LogP contribution in [0.2, 0.25) is 0 Å². The first-order valence-electron chi connectivity index (χ1n) is 8.40. The Morgan fingerprint density at radius 3 is 2.73 bits per heavy atom. The zero-order valence-electron chi connectivity index (χ0n) is 15.0. The molecule has 2 heterocycles. The molecule has 0 unspecified atom stereocenters. The minimum absolute atomic E-state index is 0.121. The Kier molecular flexibility index (Phi) is 5.31. The summed E-state index contributed by atoms with van der Waals surface area (Å²) in [4.78, 5) is 12.1. The molecule has 2 aromatic heterocycles. The van der Waals surface area contributed by atoms with Gasteiger partial charge in [-0.05, 0) is 44.2 Å². The normalized spacial score (nSPS) is 10.7. The standard InChI is InChI=1S/C18H21N5O3/c1-4-23-15(11-12(2)22-23)18-21-20-17(26-18)10-9-16(24)19-13-5-7-14(25-3)8-6-13/h5-8,11H,4,9-10H2,1-3H3,(H,19,24). The van der Waals surface area contributed by atoms with Crippen LogP contribution in [0.5, 0.6) is 5.75 Å². The van der Waals surface area contributed by atoms with Crippen molar-refractivity contribution in [3.8, 4) is 17.3 Å². The fraction of sp³-hybridized carbons (Fsp3) is 0.333. The van der Waals surface area contributed by atoms with E-state index in [0.29, 0.717) is 30.4 Å². The Morgan fingerprint density at radius 2 is 2.04 bits per heavy atom. The molecular weight excluding hydrogens is 334 g/mol. The van der Waals surface area contributed by atoms with Gasteiger partial charge in [0.25, 0.3) is 5.89 Å². The van der Waals surface area contributed by atoms with Crippen LogP contribution >= 0.6 is 0 Å². The number of hydrogen-bond donors (Lipinski definition) is 1. The number of nitrogens with one attached hydrogen (secondary N) is 1. The summed E-state index contributed by atoms with van der Waals surface area (Å²) < 4.78 is 12.6. The molecule has 0 saturated carbocycles. The van der Waals surface area contributed by atoms with E-state index in [0.717, 1.165) is 17.1 Å². The van der Waals surface area contributed by atoms with Crippen molar-refractivity contribution in [1.82, 2.24) is 20.0 Å². The monoisotopic (exact) mass is 355 g/mol. The number of rotatable bonds is 7. The van der Waals surface area contributed by atoms with Gasteiger partial charge in [0.2, 0.25) is 11.8 Å². The van der Waals surface area contributed by atoms with E-state index in [4.69, 9.17) is 9.15 Å². The summed E-state index contributed by atoms with van der Waals surface area (Å²) in [7, 11) is 1.60. The van der Waals surface area contributed by atoms with Crippen molar-refractivity contribution in [1.29, 1.82) is 0 Å². The van der Waals surface area contributed by atoms with Gasteiger partial charge in [-0.1, -0.05) is 0 Å². The van der Waals surface area contributed by atoms with Crippen LogP contribution in [0.3, 0.4) is 0 Å². The second-order valence-electron chi connectivity index (χ2n) is 5.76. The maximum Gasteiger partial charge on any atom is 0.265 e. The average molecular weight is 355 g/mol. The van der Waals surface area contributed by atoms with Crippen LogP contribution in [0, 0.1) is 6.92 Å². The number of nitrogens with zero attached hydrogens (tertiary/aromatic N) is 4. The topological polar surface area (TPSA) is 95.1 Å². The SMILES string of the molecule is CCn1nc(C)cc1-c1nnc(CCC(=O)Nc2ccc(OC)cc2)o1. The highest BCUT2D eigenvalue weighted by atomic mass is 16.5. The zero-order chi connectivity index (χ0) is 18.5. The molecule has 136 valence electrons. The third-order valence-corrected chi connectivity index (χ3v) is 3.83. The second-order valence-corrected chi connectivity index (χ2v) is 5.76. The minimum Gasteiger partial charge on any atom is -0.497 e. The molecule has 0 aliphatic heterocycles. The van der Waals surface area contributed by atoms with E-state index in [9.17, 15) is 4.79 Å². The summed E-state index contributed by atoms with van der Waals surface area (Å²) in [6.45, 7) is 4.62. The van der Waals surface area contributed by atoms with Crippen molar-refractivity contribution in [2.75, 3.05) is 12.4 Å². The second kappa shape index (κ2) is 7.81. The lowest BCUT2D eigenvalue weighted by Gasteiger charge is -2.05. The van der Waals surface area contributed by atoms with E-state index in [1.54, 1.807) is 31.4 Å². The minimum atomic E-state index is -0.121. The highest BCUT2D eigenvalue weighted by Gasteiger charge is 2.15. The number of carbonyl (C=O) groups is 1. The van der Waals surface area contributed by atoms with Gasteiger partial charge in [-0.25, -0.2) is 0 Å². The van der Waals surface area contributed by atoms with Gasteiger partial charge in [0, 0.05) is 25.1 Å². The molecule has 3 aromatic rings. The van der Waals surface area contributed by atoms with Crippen LogP contribution in [0.1, 0.15) is 24.9 Å². The lowest BCUT2D eigenvalue weighted by molar-refractivity contribution is -0.116. The Balaban J connectivity index is 1.58. The summed E-state index contributed by atoms with van der Waals surface area (Å²) in [6, 6.07) is 9.06. The van der Waals surface area contributed by atoms with Crippen molar-refractivity contribution in [2.45, 2.75) is 33.2 Å². The largest absolute Gasteiger partial charge is 0.497 e. The maximum absolute atomic E-state index is 12.1. The molecule has 0 aliphatic carbocycles.